The molecule has 2 aliphatic rings. The summed E-state index contributed by atoms with van der Waals surface area (Å²) in [5, 5.41) is 6.90. The van der Waals surface area contributed by atoms with Crippen LogP contribution in [-0.4, -0.2) is 74.0 Å². The number of guanidine groups is 1. The fraction of sp³-hybridized carbons (Fsp3) is 0.875. The monoisotopic (exact) mass is 309 g/mol. The minimum Gasteiger partial charge on any atom is -0.356 e. The van der Waals surface area contributed by atoms with Gasteiger partial charge in [0.05, 0.1) is 0 Å². The summed E-state index contributed by atoms with van der Waals surface area (Å²) in [5.74, 6) is 1.82. The van der Waals surface area contributed by atoms with Gasteiger partial charge < -0.3 is 20.4 Å². The summed E-state index contributed by atoms with van der Waals surface area (Å²) in [4.78, 5) is 20.5. The molecule has 0 aliphatic carbocycles. The van der Waals surface area contributed by atoms with Crippen LogP contribution in [0.1, 0.15) is 33.1 Å². The SMILES string of the molecule is CCC(=O)N1CCC(NC(=NC)NCC2CCN(CC)C2)C1. The Hall–Kier alpha value is -1.30. The Morgan fingerprint density at radius 1 is 1.23 bits per heavy atom. The Kier molecular flexibility index (Phi) is 6.49. The van der Waals surface area contributed by atoms with Gasteiger partial charge in [-0.1, -0.05) is 13.8 Å². The number of likely N-dealkylation sites (tertiary alicyclic amines) is 2. The zero-order valence-electron chi connectivity index (χ0n) is 14.3. The van der Waals surface area contributed by atoms with Gasteiger partial charge in [0.1, 0.15) is 0 Å². The first-order valence-corrected chi connectivity index (χ1v) is 8.63. The maximum atomic E-state index is 11.7. The van der Waals surface area contributed by atoms with Gasteiger partial charge >= 0.3 is 0 Å². The third-order valence-electron chi connectivity index (χ3n) is 4.78. The van der Waals surface area contributed by atoms with Crippen molar-refractivity contribution < 1.29 is 4.79 Å². The fourth-order valence-electron chi connectivity index (χ4n) is 3.32. The number of carbonyl (C=O) groups excluding carboxylic acids is 1. The summed E-state index contributed by atoms with van der Waals surface area (Å²) in [6, 6.07) is 0.317. The zero-order chi connectivity index (χ0) is 15.9. The fourth-order valence-corrected chi connectivity index (χ4v) is 3.32. The molecule has 22 heavy (non-hydrogen) atoms. The van der Waals surface area contributed by atoms with Crippen LogP contribution in [-0.2, 0) is 4.79 Å². The molecule has 2 unspecified atom stereocenters. The summed E-state index contributed by atoms with van der Waals surface area (Å²) >= 11 is 0. The van der Waals surface area contributed by atoms with E-state index in [1.165, 1.54) is 19.5 Å². The molecule has 0 aromatic heterocycles. The molecule has 6 nitrogen and oxygen atoms in total. The molecular formula is C16H31N5O. The van der Waals surface area contributed by atoms with E-state index in [1.807, 2.05) is 18.9 Å². The minimum atomic E-state index is 0.248. The van der Waals surface area contributed by atoms with Crippen LogP contribution < -0.4 is 10.6 Å². The molecule has 0 bridgehead atoms. The number of amides is 1. The minimum absolute atomic E-state index is 0.248. The smallest absolute Gasteiger partial charge is 0.222 e. The maximum Gasteiger partial charge on any atom is 0.222 e. The largest absolute Gasteiger partial charge is 0.356 e. The normalized spacial score (nSPS) is 26.5. The van der Waals surface area contributed by atoms with E-state index < -0.39 is 0 Å². The third-order valence-corrected chi connectivity index (χ3v) is 4.78. The number of nitrogens with one attached hydrogen (secondary N) is 2. The van der Waals surface area contributed by atoms with Crippen LogP contribution in [0.25, 0.3) is 0 Å². The van der Waals surface area contributed by atoms with Crippen molar-refractivity contribution in [1.29, 1.82) is 0 Å². The van der Waals surface area contributed by atoms with Crippen LogP contribution in [0.4, 0.5) is 0 Å². The van der Waals surface area contributed by atoms with Gasteiger partial charge in [-0.25, -0.2) is 0 Å². The second kappa shape index (κ2) is 8.36. The first kappa shape index (κ1) is 17.1. The Labute approximate surface area is 134 Å². The molecule has 0 saturated carbocycles. The van der Waals surface area contributed by atoms with E-state index in [-0.39, 0.29) is 5.91 Å². The molecule has 1 amide bonds. The highest BCUT2D eigenvalue weighted by atomic mass is 16.2. The predicted molar refractivity (Wildman–Crippen MR) is 90.0 cm³/mol. The average Bonchev–Trinajstić information content (AvgIpc) is 3.19. The number of aliphatic imine (C=N–C) groups is 1. The molecule has 2 rings (SSSR count). The molecule has 2 heterocycles. The van der Waals surface area contributed by atoms with Gasteiger partial charge in [-0.3, -0.25) is 9.79 Å². The van der Waals surface area contributed by atoms with E-state index >= 15 is 0 Å². The van der Waals surface area contributed by atoms with Crippen molar-refractivity contribution in [2.45, 2.75) is 39.2 Å². The Morgan fingerprint density at radius 3 is 2.68 bits per heavy atom. The van der Waals surface area contributed by atoms with E-state index in [4.69, 9.17) is 0 Å². The van der Waals surface area contributed by atoms with E-state index in [0.717, 1.165) is 38.6 Å². The van der Waals surface area contributed by atoms with Crippen molar-refractivity contribution in [2.24, 2.45) is 10.9 Å². The van der Waals surface area contributed by atoms with Crippen molar-refractivity contribution in [3.05, 3.63) is 0 Å². The number of hydrogen-bond acceptors (Lipinski definition) is 3. The quantitative estimate of drug-likeness (QED) is 0.574. The molecule has 2 N–H and O–H groups in total. The Bertz CT molecular complexity index is 398. The molecule has 126 valence electrons. The van der Waals surface area contributed by atoms with E-state index in [9.17, 15) is 4.79 Å². The van der Waals surface area contributed by atoms with Crippen LogP contribution in [0.5, 0.6) is 0 Å². The van der Waals surface area contributed by atoms with Crippen LogP contribution >= 0.6 is 0 Å². The highest BCUT2D eigenvalue weighted by Crippen LogP contribution is 2.14. The van der Waals surface area contributed by atoms with E-state index in [1.54, 1.807) is 0 Å². The first-order chi connectivity index (χ1) is 10.7. The predicted octanol–water partition coefficient (Wildman–Crippen LogP) is 0.504. The van der Waals surface area contributed by atoms with Gasteiger partial charge in [0.15, 0.2) is 5.96 Å². The Balaban J connectivity index is 1.71. The molecule has 0 aromatic carbocycles. The van der Waals surface area contributed by atoms with Gasteiger partial charge in [0.25, 0.3) is 0 Å². The van der Waals surface area contributed by atoms with Gasteiger partial charge in [0, 0.05) is 45.7 Å². The lowest BCUT2D eigenvalue weighted by Crippen LogP contribution is -2.46. The highest BCUT2D eigenvalue weighted by molar-refractivity contribution is 5.80. The number of carbonyl (C=O) groups is 1. The molecule has 2 saturated heterocycles. The highest BCUT2D eigenvalue weighted by Gasteiger charge is 2.26. The molecule has 2 aliphatic heterocycles. The molecule has 2 fully saturated rings. The van der Waals surface area contributed by atoms with Crippen LogP contribution in [0.3, 0.4) is 0 Å². The van der Waals surface area contributed by atoms with Crippen LogP contribution in [0.2, 0.25) is 0 Å². The number of rotatable bonds is 5. The molecule has 0 aromatic rings. The van der Waals surface area contributed by atoms with Crippen molar-refractivity contribution in [3.63, 3.8) is 0 Å². The van der Waals surface area contributed by atoms with E-state index in [0.29, 0.717) is 18.4 Å². The molecule has 6 heteroatoms. The number of hydrogen-bond donors (Lipinski definition) is 2. The van der Waals surface area contributed by atoms with Crippen molar-refractivity contribution in [3.8, 4) is 0 Å². The van der Waals surface area contributed by atoms with Crippen molar-refractivity contribution >= 4 is 11.9 Å². The molecule has 2 atom stereocenters. The van der Waals surface area contributed by atoms with Crippen molar-refractivity contribution in [2.75, 3.05) is 46.3 Å². The summed E-state index contributed by atoms with van der Waals surface area (Å²) in [5.41, 5.74) is 0. The van der Waals surface area contributed by atoms with Gasteiger partial charge in [-0.05, 0) is 31.8 Å². The average molecular weight is 309 g/mol. The molecule has 0 spiro atoms. The van der Waals surface area contributed by atoms with Crippen LogP contribution in [0.15, 0.2) is 4.99 Å². The lowest BCUT2D eigenvalue weighted by atomic mass is 10.1. The first-order valence-electron chi connectivity index (χ1n) is 8.63. The van der Waals surface area contributed by atoms with Crippen molar-refractivity contribution in [1.82, 2.24) is 20.4 Å². The van der Waals surface area contributed by atoms with E-state index in [2.05, 4.69) is 27.4 Å². The van der Waals surface area contributed by atoms with Crippen LogP contribution in [0, 0.1) is 5.92 Å². The summed E-state index contributed by atoms with van der Waals surface area (Å²) in [7, 11) is 1.81. The second-order valence-electron chi connectivity index (χ2n) is 6.32. The zero-order valence-corrected chi connectivity index (χ0v) is 14.3. The summed E-state index contributed by atoms with van der Waals surface area (Å²) in [6.45, 7) is 10.3. The topological polar surface area (TPSA) is 60.0 Å². The van der Waals surface area contributed by atoms with Gasteiger partial charge in [0.2, 0.25) is 5.91 Å². The maximum absolute atomic E-state index is 11.7. The lowest BCUT2D eigenvalue weighted by Gasteiger charge is -2.20. The second-order valence-corrected chi connectivity index (χ2v) is 6.32. The molecule has 0 radical (unpaired) electrons. The molecular weight excluding hydrogens is 278 g/mol. The third kappa shape index (κ3) is 4.60. The summed E-state index contributed by atoms with van der Waals surface area (Å²) in [6.07, 6.45) is 2.86. The lowest BCUT2D eigenvalue weighted by molar-refractivity contribution is -0.129. The number of nitrogens with zero attached hydrogens (tertiary/aromatic N) is 3. The summed E-state index contributed by atoms with van der Waals surface area (Å²) < 4.78 is 0. The van der Waals surface area contributed by atoms with Gasteiger partial charge in [-0.15, -0.1) is 0 Å². The standard InChI is InChI=1S/C16H31N5O/c1-4-15(22)21-9-7-14(12-21)19-16(17-3)18-10-13-6-8-20(5-2)11-13/h13-14H,4-12H2,1-3H3,(H2,17,18,19). The van der Waals surface area contributed by atoms with Gasteiger partial charge in [-0.2, -0.15) is 0 Å². The Morgan fingerprint density at radius 2 is 2.05 bits per heavy atom.